The SMILES string of the molecule is CNC1CCCC1CN1CCn2c(nnc2C(F)(F)F)C1. The van der Waals surface area contributed by atoms with Crippen molar-refractivity contribution >= 4 is 0 Å². The molecule has 1 aromatic rings. The summed E-state index contributed by atoms with van der Waals surface area (Å²) < 4.78 is 39.6. The van der Waals surface area contributed by atoms with Crippen LogP contribution in [0.5, 0.6) is 0 Å². The minimum atomic E-state index is -4.42. The molecule has 1 aliphatic heterocycles. The normalized spacial score (nSPS) is 27.0. The number of rotatable bonds is 3. The van der Waals surface area contributed by atoms with Crippen molar-refractivity contribution in [2.45, 2.75) is 44.6 Å². The van der Waals surface area contributed by atoms with Crippen LogP contribution in [0.25, 0.3) is 0 Å². The molecule has 2 aliphatic rings. The van der Waals surface area contributed by atoms with Crippen LogP contribution >= 0.6 is 0 Å². The highest BCUT2D eigenvalue weighted by Crippen LogP contribution is 2.31. The van der Waals surface area contributed by atoms with E-state index in [-0.39, 0.29) is 0 Å². The van der Waals surface area contributed by atoms with Crippen molar-refractivity contribution in [1.82, 2.24) is 25.0 Å². The molecule has 5 nitrogen and oxygen atoms in total. The van der Waals surface area contributed by atoms with E-state index in [2.05, 4.69) is 20.4 Å². The summed E-state index contributed by atoms with van der Waals surface area (Å²) in [5.74, 6) is 0.130. The fraction of sp³-hybridized carbons (Fsp3) is 0.846. The zero-order chi connectivity index (χ0) is 15.0. The summed E-state index contributed by atoms with van der Waals surface area (Å²) in [6.45, 7) is 2.31. The molecule has 118 valence electrons. The lowest BCUT2D eigenvalue weighted by Crippen LogP contribution is -2.42. The van der Waals surface area contributed by atoms with Gasteiger partial charge >= 0.3 is 6.18 Å². The topological polar surface area (TPSA) is 46.0 Å². The van der Waals surface area contributed by atoms with Crippen molar-refractivity contribution in [2.24, 2.45) is 5.92 Å². The predicted molar refractivity (Wildman–Crippen MR) is 70.5 cm³/mol. The maximum absolute atomic E-state index is 12.8. The maximum Gasteiger partial charge on any atom is 0.451 e. The van der Waals surface area contributed by atoms with E-state index in [4.69, 9.17) is 0 Å². The van der Waals surface area contributed by atoms with Gasteiger partial charge in [0.25, 0.3) is 0 Å². The van der Waals surface area contributed by atoms with Crippen LogP contribution in [0.2, 0.25) is 0 Å². The van der Waals surface area contributed by atoms with Crippen molar-refractivity contribution in [1.29, 1.82) is 0 Å². The number of hydrogen-bond acceptors (Lipinski definition) is 4. The fourth-order valence-corrected chi connectivity index (χ4v) is 3.54. The summed E-state index contributed by atoms with van der Waals surface area (Å²) in [5.41, 5.74) is 0. The Morgan fingerprint density at radius 1 is 1.24 bits per heavy atom. The number of hydrogen-bond donors (Lipinski definition) is 1. The Morgan fingerprint density at radius 2 is 2.05 bits per heavy atom. The van der Waals surface area contributed by atoms with E-state index in [1.165, 1.54) is 23.8 Å². The lowest BCUT2D eigenvalue weighted by molar-refractivity contribution is -0.148. The van der Waals surface area contributed by atoms with E-state index in [1.54, 1.807) is 0 Å². The maximum atomic E-state index is 12.8. The molecule has 0 spiro atoms. The second-order valence-electron chi connectivity index (χ2n) is 5.91. The molecule has 1 saturated carbocycles. The fourth-order valence-electron chi connectivity index (χ4n) is 3.54. The number of nitrogens with one attached hydrogen (secondary N) is 1. The predicted octanol–water partition coefficient (Wildman–Crippen LogP) is 1.50. The van der Waals surface area contributed by atoms with Gasteiger partial charge in [-0.3, -0.25) is 4.90 Å². The van der Waals surface area contributed by atoms with Crippen LogP contribution in [-0.4, -0.2) is 45.8 Å². The van der Waals surface area contributed by atoms with Crippen LogP contribution in [-0.2, 0) is 19.3 Å². The first kappa shape index (κ1) is 14.8. The molecule has 8 heteroatoms. The summed E-state index contributed by atoms with van der Waals surface area (Å²) in [6, 6.07) is 0.524. The van der Waals surface area contributed by atoms with Gasteiger partial charge in [-0.15, -0.1) is 10.2 Å². The molecule has 1 aromatic heterocycles. The van der Waals surface area contributed by atoms with E-state index in [0.717, 1.165) is 6.54 Å². The third-order valence-electron chi connectivity index (χ3n) is 4.61. The largest absolute Gasteiger partial charge is 0.451 e. The van der Waals surface area contributed by atoms with E-state index in [1.807, 2.05) is 7.05 Å². The van der Waals surface area contributed by atoms with Crippen LogP contribution < -0.4 is 5.32 Å². The average molecular weight is 303 g/mol. The molecule has 0 bridgehead atoms. The summed E-state index contributed by atoms with van der Waals surface area (Å²) in [4.78, 5) is 2.20. The van der Waals surface area contributed by atoms with E-state index >= 15 is 0 Å². The molecule has 0 saturated heterocycles. The van der Waals surface area contributed by atoms with Crippen LogP contribution in [0, 0.1) is 5.92 Å². The van der Waals surface area contributed by atoms with Gasteiger partial charge in [0, 0.05) is 25.7 Å². The van der Waals surface area contributed by atoms with E-state index in [9.17, 15) is 13.2 Å². The first-order valence-corrected chi connectivity index (χ1v) is 7.38. The van der Waals surface area contributed by atoms with Crippen molar-refractivity contribution in [3.63, 3.8) is 0 Å². The van der Waals surface area contributed by atoms with Crippen LogP contribution in [0.4, 0.5) is 13.2 Å². The van der Waals surface area contributed by atoms with Crippen molar-refractivity contribution in [3.8, 4) is 0 Å². The van der Waals surface area contributed by atoms with Gasteiger partial charge in [0.05, 0.1) is 6.54 Å². The highest BCUT2D eigenvalue weighted by Gasteiger charge is 2.39. The van der Waals surface area contributed by atoms with Gasteiger partial charge in [-0.2, -0.15) is 13.2 Å². The van der Waals surface area contributed by atoms with Crippen molar-refractivity contribution < 1.29 is 13.2 Å². The highest BCUT2D eigenvalue weighted by molar-refractivity contribution is 5.02. The zero-order valence-electron chi connectivity index (χ0n) is 12.0. The molecular weight excluding hydrogens is 283 g/mol. The first-order valence-electron chi connectivity index (χ1n) is 7.38. The number of fused-ring (bicyclic) bond motifs is 1. The molecule has 1 fully saturated rings. The van der Waals surface area contributed by atoms with Gasteiger partial charge in [0.15, 0.2) is 0 Å². The second-order valence-corrected chi connectivity index (χ2v) is 5.91. The van der Waals surface area contributed by atoms with Gasteiger partial charge in [0.1, 0.15) is 5.82 Å². The minimum Gasteiger partial charge on any atom is -0.317 e. The Hall–Kier alpha value is -1.15. The van der Waals surface area contributed by atoms with Gasteiger partial charge < -0.3 is 9.88 Å². The molecule has 3 rings (SSSR count). The summed E-state index contributed by atoms with van der Waals surface area (Å²) in [7, 11) is 1.98. The Morgan fingerprint density at radius 3 is 2.76 bits per heavy atom. The lowest BCUT2D eigenvalue weighted by Gasteiger charge is -2.31. The molecular formula is C13H20F3N5. The lowest BCUT2D eigenvalue weighted by atomic mass is 10.0. The molecule has 2 heterocycles. The smallest absolute Gasteiger partial charge is 0.317 e. The summed E-state index contributed by atoms with van der Waals surface area (Å²) in [6.07, 6.45) is -0.833. The molecule has 1 aliphatic carbocycles. The zero-order valence-corrected chi connectivity index (χ0v) is 12.0. The second kappa shape index (κ2) is 5.57. The van der Waals surface area contributed by atoms with Gasteiger partial charge in [-0.1, -0.05) is 6.42 Å². The highest BCUT2D eigenvalue weighted by atomic mass is 19.4. The summed E-state index contributed by atoms with van der Waals surface area (Å²) in [5, 5.41) is 10.4. The number of alkyl halides is 3. The average Bonchev–Trinajstić information content (AvgIpc) is 3.03. The molecule has 2 atom stereocenters. The molecule has 0 radical (unpaired) electrons. The number of nitrogens with zero attached hydrogens (tertiary/aromatic N) is 4. The van der Waals surface area contributed by atoms with E-state index < -0.39 is 12.0 Å². The minimum absolute atomic E-state index is 0.314. The number of aromatic nitrogens is 3. The van der Waals surface area contributed by atoms with Crippen molar-refractivity contribution in [2.75, 3.05) is 20.1 Å². The molecule has 0 amide bonds. The first-order chi connectivity index (χ1) is 9.99. The third-order valence-corrected chi connectivity index (χ3v) is 4.61. The van der Waals surface area contributed by atoms with Crippen LogP contribution in [0.3, 0.4) is 0 Å². The van der Waals surface area contributed by atoms with Crippen molar-refractivity contribution in [3.05, 3.63) is 11.6 Å². The molecule has 0 aromatic carbocycles. The quantitative estimate of drug-likeness (QED) is 0.919. The van der Waals surface area contributed by atoms with Gasteiger partial charge in [0.2, 0.25) is 5.82 Å². The monoisotopic (exact) mass is 303 g/mol. The van der Waals surface area contributed by atoms with E-state index in [0.29, 0.717) is 37.4 Å². The van der Waals surface area contributed by atoms with Crippen LogP contribution in [0.1, 0.15) is 30.9 Å². The number of halogens is 3. The molecule has 1 N–H and O–H groups in total. The Balaban J connectivity index is 1.67. The standard InChI is InChI=1S/C13H20F3N5/c1-17-10-4-2-3-9(10)7-20-5-6-21-11(8-20)18-19-12(21)13(14,15)16/h9-10,17H,2-8H2,1H3. The van der Waals surface area contributed by atoms with Crippen LogP contribution in [0.15, 0.2) is 0 Å². The summed E-state index contributed by atoms with van der Waals surface area (Å²) >= 11 is 0. The third kappa shape index (κ3) is 2.91. The molecule has 21 heavy (non-hydrogen) atoms. The van der Waals surface area contributed by atoms with Gasteiger partial charge in [-0.05, 0) is 25.8 Å². The molecule has 2 unspecified atom stereocenters. The Kier molecular flexibility index (Phi) is 3.92. The van der Waals surface area contributed by atoms with Gasteiger partial charge in [-0.25, -0.2) is 0 Å². The Labute approximate surface area is 121 Å². The Bertz CT molecular complexity index is 498.